The van der Waals surface area contributed by atoms with Crippen LogP contribution in [0, 0.1) is 0 Å². The average molecular weight is 340 g/mol. The molecule has 106 valence electrons. The summed E-state index contributed by atoms with van der Waals surface area (Å²) in [5, 5.41) is 0. The van der Waals surface area contributed by atoms with Crippen molar-refractivity contribution < 1.29 is 22.6 Å². The normalized spacial score (nSPS) is 16.1. The number of hydrogen-bond donors (Lipinski definition) is 1. The minimum absolute atomic E-state index is 0.203. The molecule has 2 N–H and O–H groups in total. The predicted molar refractivity (Wildman–Crippen MR) is 67.1 cm³/mol. The van der Waals surface area contributed by atoms with Gasteiger partial charge in [-0.3, -0.25) is 0 Å². The van der Waals surface area contributed by atoms with Crippen molar-refractivity contribution in [2.45, 2.75) is 18.6 Å². The van der Waals surface area contributed by atoms with Crippen LogP contribution in [0.1, 0.15) is 17.2 Å². The lowest BCUT2D eigenvalue weighted by molar-refractivity contribution is -0.174. The van der Waals surface area contributed by atoms with E-state index in [2.05, 4.69) is 20.7 Å². The number of benzene rings is 1. The summed E-state index contributed by atoms with van der Waals surface area (Å²) in [4.78, 5) is 0. The van der Waals surface area contributed by atoms with Crippen molar-refractivity contribution >= 4 is 15.9 Å². The van der Waals surface area contributed by atoms with E-state index < -0.39 is 18.8 Å². The molecule has 0 bridgehead atoms. The molecule has 19 heavy (non-hydrogen) atoms. The summed E-state index contributed by atoms with van der Waals surface area (Å²) in [6.45, 7) is -0.932. The lowest BCUT2D eigenvalue weighted by Crippen LogP contribution is -2.23. The van der Waals surface area contributed by atoms with Gasteiger partial charge in [-0.15, -0.1) is 0 Å². The van der Waals surface area contributed by atoms with Crippen molar-refractivity contribution in [3.63, 3.8) is 0 Å². The van der Waals surface area contributed by atoms with Crippen LogP contribution in [0.15, 0.2) is 16.6 Å². The Morgan fingerprint density at radius 2 is 2.16 bits per heavy atom. The molecule has 1 heterocycles. The molecule has 2 rings (SSSR count). The first kappa shape index (κ1) is 14.6. The summed E-state index contributed by atoms with van der Waals surface area (Å²) < 4.78 is 46.9. The molecule has 0 saturated heterocycles. The van der Waals surface area contributed by atoms with Crippen LogP contribution >= 0.6 is 15.9 Å². The summed E-state index contributed by atoms with van der Waals surface area (Å²) in [7, 11) is 0. The smallest absolute Gasteiger partial charge is 0.411 e. The zero-order valence-electron chi connectivity index (χ0n) is 9.97. The maximum atomic E-state index is 12.0. The van der Waals surface area contributed by atoms with Crippen molar-refractivity contribution in [1.82, 2.24) is 0 Å². The second-order valence-corrected chi connectivity index (χ2v) is 5.23. The maximum absolute atomic E-state index is 12.0. The Morgan fingerprint density at radius 3 is 2.84 bits per heavy atom. The van der Waals surface area contributed by atoms with Gasteiger partial charge in [-0.05, 0) is 17.7 Å². The van der Waals surface area contributed by atoms with E-state index in [0.717, 1.165) is 16.5 Å². The Kier molecular flexibility index (Phi) is 4.37. The molecule has 0 aliphatic carbocycles. The van der Waals surface area contributed by atoms with E-state index in [0.29, 0.717) is 17.9 Å². The fraction of sp³-hybridized carbons (Fsp3) is 0.500. The van der Waals surface area contributed by atoms with E-state index in [4.69, 9.17) is 10.5 Å². The molecule has 1 aliphatic rings. The molecule has 1 aliphatic heterocycles. The number of hydrogen-bond acceptors (Lipinski definition) is 3. The molecular formula is C12H13BrF3NO2. The molecule has 0 amide bonds. The monoisotopic (exact) mass is 339 g/mol. The molecular weight excluding hydrogens is 327 g/mol. The van der Waals surface area contributed by atoms with Crippen molar-refractivity contribution in [2.75, 3.05) is 19.8 Å². The number of rotatable bonds is 4. The molecule has 1 aromatic carbocycles. The lowest BCUT2D eigenvalue weighted by Gasteiger charge is -2.17. The third-order valence-electron chi connectivity index (χ3n) is 2.74. The zero-order valence-corrected chi connectivity index (χ0v) is 11.6. The van der Waals surface area contributed by atoms with Gasteiger partial charge in [0.25, 0.3) is 0 Å². The minimum Gasteiger partial charge on any atom is -0.493 e. The third-order valence-corrected chi connectivity index (χ3v) is 3.20. The Morgan fingerprint density at radius 1 is 1.42 bits per heavy atom. The van der Waals surface area contributed by atoms with E-state index in [1.165, 1.54) is 0 Å². The van der Waals surface area contributed by atoms with Crippen molar-refractivity contribution in [3.05, 3.63) is 27.7 Å². The van der Waals surface area contributed by atoms with Crippen LogP contribution < -0.4 is 10.5 Å². The van der Waals surface area contributed by atoms with E-state index >= 15 is 0 Å². The van der Waals surface area contributed by atoms with Crippen LogP contribution in [-0.2, 0) is 11.2 Å². The summed E-state index contributed by atoms with van der Waals surface area (Å²) in [5.41, 5.74) is 7.55. The summed E-state index contributed by atoms with van der Waals surface area (Å²) in [6.07, 6.45) is -3.56. The van der Waals surface area contributed by atoms with E-state index in [9.17, 15) is 13.2 Å². The molecule has 0 spiro atoms. The molecule has 1 atom stereocenters. The summed E-state index contributed by atoms with van der Waals surface area (Å²) in [5.74, 6) is 0.673. The average Bonchev–Trinajstić information content (AvgIpc) is 2.73. The van der Waals surface area contributed by atoms with Gasteiger partial charge >= 0.3 is 6.18 Å². The van der Waals surface area contributed by atoms with Crippen molar-refractivity contribution in [1.29, 1.82) is 0 Å². The SMILES string of the molecule is NC(COCC(F)(F)F)c1cc(Br)cc2c1OCC2. The highest BCUT2D eigenvalue weighted by molar-refractivity contribution is 9.10. The van der Waals surface area contributed by atoms with E-state index in [-0.39, 0.29) is 6.61 Å². The third kappa shape index (κ3) is 3.84. The molecule has 0 fully saturated rings. The first-order valence-electron chi connectivity index (χ1n) is 5.72. The van der Waals surface area contributed by atoms with Crippen LogP contribution in [0.4, 0.5) is 13.2 Å². The van der Waals surface area contributed by atoms with Gasteiger partial charge in [-0.1, -0.05) is 15.9 Å². The molecule has 3 nitrogen and oxygen atoms in total. The topological polar surface area (TPSA) is 44.5 Å². The van der Waals surface area contributed by atoms with Gasteiger partial charge < -0.3 is 15.2 Å². The lowest BCUT2D eigenvalue weighted by atomic mass is 10.0. The molecule has 1 aromatic rings. The number of ether oxygens (including phenoxy) is 2. The highest BCUT2D eigenvalue weighted by atomic mass is 79.9. The fourth-order valence-corrected chi connectivity index (χ4v) is 2.49. The second-order valence-electron chi connectivity index (χ2n) is 4.32. The van der Waals surface area contributed by atoms with Gasteiger partial charge in [0.2, 0.25) is 0 Å². The Balaban J connectivity index is 2.05. The summed E-state index contributed by atoms with van der Waals surface area (Å²) >= 11 is 3.35. The van der Waals surface area contributed by atoms with Gasteiger partial charge in [0.1, 0.15) is 12.4 Å². The van der Waals surface area contributed by atoms with E-state index in [1.54, 1.807) is 6.07 Å². The van der Waals surface area contributed by atoms with Gasteiger partial charge in [0.05, 0.1) is 19.3 Å². The maximum Gasteiger partial charge on any atom is 0.411 e. The van der Waals surface area contributed by atoms with Crippen LogP contribution in [0.5, 0.6) is 5.75 Å². The first-order chi connectivity index (χ1) is 8.87. The number of alkyl halides is 3. The molecule has 7 heteroatoms. The van der Waals surface area contributed by atoms with Crippen LogP contribution in [-0.4, -0.2) is 26.0 Å². The number of halogens is 4. The summed E-state index contributed by atoms with van der Waals surface area (Å²) in [6, 6.07) is 3.03. The number of nitrogens with two attached hydrogens (primary N) is 1. The van der Waals surface area contributed by atoms with Gasteiger partial charge in [0, 0.05) is 16.5 Å². The quantitative estimate of drug-likeness (QED) is 0.917. The van der Waals surface area contributed by atoms with Gasteiger partial charge in [0.15, 0.2) is 0 Å². The Labute approximate surface area is 117 Å². The minimum atomic E-state index is -4.34. The molecule has 0 aromatic heterocycles. The standard InChI is InChI=1S/C12H13BrF3NO2/c13-8-3-7-1-2-19-11(7)9(4-8)10(17)5-18-6-12(14,15)16/h3-4,10H,1-2,5-6,17H2. The van der Waals surface area contributed by atoms with Crippen LogP contribution in [0.2, 0.25) is 0 Å². The van der Waals surface area contributed by atoms with Gasteiger partial charge in [-0.25, -0.2) is 0 Å². The molecule has 1 unspecified atom stereocenters. The highest BCUT2D eigenvalue weighted by Crippen LogP contribution is 2.35. The fourth-order valence-electron chi connectivity index (χ4n) is 1.96. The Hall–Kier alpha value is -0.790. The highest BCUT2D eigenvalue weighted by Gasteiger charge is 2.28. The van der Waals surface area contributed by atoms with Crippen molar-refractivity contribution in [2.24, 2.45) is 5.73 Å². The Bertz CT molecular complexity index is 465. The molecule has 0 saturated carbocycles. The van der Waals surface area contributed by atoms with Crippen LogP contribution in [0.25, 0.3) is 0 Å². The first-order valence-corrected chi connectivity index (χ1v) is 6.51. The second kappa shape index (κ2) is 5.68. The predicted octanol–water partition coefficient (Wildman–Crippen LogP) is 2.96. The van der Waals surface area contributed by atoms with Gasteiger partial charge in [-0.2, -0.15) is 13.2 Å². The van der Waals surface area contributed by atoms with Crippen LogP contribution in [0.3, 0.4) is 0 Å². The number of fused-ring (bicyclic) bond motifs is 1. The zero-order chi connectivity index (χ0) is 14.0. The largest absolute Gasteiger partial charge is 0.493 e. The molecule has 0 radical (unpaired) electrons. The van der Waals surface area contributed by atoms with Crippen molar-refractivity contribution in [3.8, 4) is 5.75 Å². The van der Waals surface area contributed by atoms with E-state index in [1.807, 2.05) is 6.07 Å².